The van der Waals surface area contributed by atoms with E-state index in [1.54, 1.807) is 6.07 Å². The smallest absolute Gasteiger partial charge is 0.356 e. The van der Waals surface area contributed by atoms with Crippen LogP contribution in [0.15, 0.2) is 12.1 Å². The van der Waals surface area contributed by atoms with Gasteiger partial charge in [-0.05, 0) is 25.0 Å². The molecule has 2 N–H and O–H groups in total. The Balaban J connectivity index is 2.08. The summed E-state index contributed by atoms with van der Waals surface area (Å²) in [7, 11) is 0. The molecule has 0 amide bonds. The van der Waals surface area contributed by atoms with E-state index in [0.29, 0.717) is 11.9 Å². The number of carboxylic acids is 1. The highest BCUT2D eigenvalue weighted by molar-refractivity contribution is 5.85. The van der Waals surface area contributed by atoms with E-state index in [9.17, 15) is 4.79 Å². The lowest BCUT2D eigenvalue weighted by molar-refractivity contribution is 0.0689. The molecule has 0 atom stereocenters. The first-order valence-electron chi connectivity index (χ1n) is 4.09. The van der Waals surface area contributed by atoms with Gasteiger partial charge in [-0.25, -0.2) is 4.79 Å². The molecule has 1 aromatic rings. The highest BCUT2D eigenvalue weighted by atomic mass is 16.4. The lowest BCUT2D eigenvalue weighted by Gasteiger charge is -2.00. The highest BCUT2D eigenvalue weighted by Crippen LogP contribution is 2.23. The Morgan fingerprint density at radius 3 is 2.69 bits per heavy atom. The van der Waals surface area contributed by atoms with Crippen molar-refractivity contribution in [3.8, 4) is 0 Å². The Kier molecular flexibility index (Phi) is 1.84. The van der Waals surface area contributed by atoms with Gasteiger partial charge in [0.05, 0.1) is 0 Å². The van der Waals surface area contributed by atoms with Crippen molar-refractivity contribution in [3.63, 3.8) is 0 Å². The second kappa shape index (κ2) is 3.01. The van der Waals surface area contributed by atoms with Gasteiger partial charge in [0.2, 0.25) is 0 Å². The molecule has 5 nitrogen and oxygen atoms in total. The van der Waals surface area contributed by atoms with Gasteiger partial charge in [0.15, 0.2) is 5.69 Å². The molecule has 0 radical (unpaired) electrons. The Morgan fingerprint density at radius 2 is 2.23 bits per heavy atom. The van der Waals surface area contributed by atoms with Crippen LogP contribution in [-0.4, -0.2) is 27.3 Å². The van der Waals surface area contributed by atoms with Crippen LogP contribution >= 0.6 is 0 Å². The van der Waals surface area contributed by atoms with Crippen molar-refractivity contribution in [2.75, 3.05) is 5.32 Å². The average Bonchev–Trinajstić information content (AvgIpc) is 2.89. The molecular weight excluding hydrogens is 170 g/mol. The summed E-state index contributed by atoms with van der Waals surface area (Å²) in [5.41, 5.74) is -0.0265. The predicted octanol–water partition coefficient (Wildman–Crippen LogP) is 0.749. The number of nitrogens with zero attached hydrogens (tertiary/aromatic N) is 2. The summed E-state index contributed by atoms with van der Waals surface area (Å²) in [6, 6.07) is 3.58. The zero-order valence-electron chi connectivity index (χ0n) is 6.90. The van der Waals surface area contributed by atoms with Crippen LogP contribution < -0.4 is 5.32 Å². The van der Waals surface area contributed by atoms with Crippen molar-refractivity contribution in [1.82, 2.24) is 10.2 Å². The molecule has 0 saturated heterocycles. The fourth-order valence-electron chi connectivity index (χ4n) is 0.960. The van der Waals surface area contributed by atoms with Crippen LogP contribution in [0, 0.1) is 0 Å². The van der Waals surface area contributed by atoms with Crippen LogP contribution in [0.4, 0.5) is 5.82 Å². The van der Waals surface area contributed by atoms with E-state index in [4.69, 9.17) is 5.11 Å². The Morgan fingerprint density at radius 1 is 1.46 bits per heavy atom. The number of nitrogens with one attached hydrogen (secondary N) is 1. The third-order valence-corrected chi connectivity index (χ3v) is 1.81. The molecule has 0 aromatic carbocycles. The first kappa shape index (κ1) is 7.97. The minimum atomic E-state index is -1.05. The normalized spacial score (nSPS) is 15.4. The number of aromatic carboxylic acids is 1. The molecule has 5 heteroatoms. The molecule has 68 valence electrons. The van der Waals surface area contributed by atoms with Gasteiger partial charge in [-0.1, -0.05) is 0 Å². The molecule has 2 rings (SSSR count). The second-order valence-electron chi connectivity index (χ2n) is 3.03. The zero-order chi connectivity index (χ0) is 9.26. The van der Waals surface area contributed by atoms with Crippen LogP contribution in [0.25, 0.3) is 0 Å². The van der Waals surface area contributed by atoms with Crippen molar-refractivity contribution in [2.45, 2.75) is 18.9 Å². The molecule has 0 aliphatic heterocycles. The predicted molar refractivity (Wildman–Crippen MR) is 45.6 cm³/mol. The van der Waals surface area contributed by atoms with Gasteiger partial charge in [-0.15, -0.1) is 10.2 Å². The fraction of sp³-hybridized carbons (Fsp3) is 0.375. The molecule has 1 aliphatic carbocycles. The van der Waals surface area contributed by atoms with E-state index in [-0.39, 0.29) is 5.69 Å². The molecule has 0 unspecified atom stereocenters. The fourth-order valence-corrected chi connectivity index (χ4v) is 0.960. The number of anilines is 1. The summed E-state index contributed by atoms with van der Waals surface area (Å²) in [5.74, 6) is -0.405. The Labute approximate surface area is 74.8 Å². The minimum Gasteiger partial charge on any atom is -0.476 e. The summed E-state index contributed by atoms with van der Waals surface area (Å²) < 4.78 is 0. The molecule has 1 aliphatic rings. The van der Waals surface area contributed by atoms with Gasteiger partial charge >= 0.3 is 5.97 Å². The monoisotopic (exact) mass is 179 g/mol. The molecule has 0 spiro atoms. The van der Waals surface area contributed by atoms with E-state index in [2.05, 4.69) is 15.5 Å². The third-order valence-electron chi connectivity index (χ3n) is 1.81. The van der Waals surface area contributed by atoms with Crippen LogP contribution in [0.3, 0.4) is 0 Å². The number of aromatic nitrogens is 2. The Bertz CT molecular complexity index is 319. The quantitative estimate of drug-likeness (QED) is 0.716. The lowest BCUT2D eigenvalue weighted by atomic mass is 10.4. The highest BCUT2D eigenvalue weighted by Gasteiger charge is 2.21. The summed E-state index contributed by atoms with van der Waals surface area (Å²) in [5, 5.41) is 18.9. The number of rotatable bonds is 3. The average molecular weight is 179 g/mol. The molecule has 1 heterocycles. The number of carboxylic acid groups (broad SMARTS) is 1. The number of hydrogen-bond acceptors (Lipinski definition) is 4. The van der Waals surface area contributed by atoms with Crippen LogP contribution in [0.1, 0.15) is 23.3 Å². The first-order valence-corrected chi connectivity index (χ1v) is 4.09. The van der Waals surface area contributed by atoms with Crippen molar-refractivity contribution in [2.24, 2.45) is 0 Å². The molecule has 1 saturated carbocycles. The van der Waals surface area contributed by atoms with Gasteiger partial charge in [-0.2, -0.15) is 0 Å². The van der Waals surface area contributed by atoms with Gasteiger partial charge in [0.25, 0.3) is 0 Å². The van der Waals surface area contributed by atoms with Crippen LogP contribution in [-0.2, 0) is 0 Å². The van der Waals surface area contributed by atoms with Crippen LogP contribution in [0.2, 0.25) is 0 Å². The standard InChI is InChI=1S/C8H9N3O2/c12-8(13)6-3-4-7(11-10-6)9-5-1-2-5/h3-5H,1-2H2,(H,9,11)(H,12,13). The van der Waals surface area contributed by atoms with Crippen molar-refractivity contribution < 1.29 is 9.90 Å². The first-order chi connectivity index (χ1) is 6.25. The van der Waals surface area contributed by atoms with Gasteiger partial charge in [-0.3, -0.25) is 0 Å². The van der Waals surface area contributed by atoms with E-state index in [1.165, 1.54) is 6.07 Å². The zero-order valence-corrected chi connectivity index (χ0v) is 6.90. The lowest BCUT2D eigenvalue weighted by Crippen LogP contribution is -2.07. The van der Waals surface area contributed by atoms with Crippen molar-refractivity contribution >= 4 is 11.8 Å². The maximum absolute atomic E-state index is 10.4. The second-order valence-corrected chi connectivity index (χ2v) is 3.03. The van der Waals surface area contributed by atoms with Gasteiger partial charge < -0.3 is 10.4 Å². The topological polar surface area (TPSA) is 75.1 Å². The largest absolute Gasteiger partial charge is 0.476 e. The maximum atomic E-state index is 10.4. The minimum absolute atomic E-state index is 0.0265. The van der Waals surface area contributed by atoms with Gasteiger partial charge in [0, 0.05) is 6.04 Å². The Hall–Kier alpha value is -1.65. The van der Waals surface area contributed by atoms with E-state index < -0.39 is 5.97 Å². The van der Waals surface area contributed by atoms with E-state index in [0.717, 1.165) is 12.8 Å². The van der Waals surface area contributed by atoms with Crippen molar-refractivity contribution in [1.29, 1.82) is 0 Å². The third kappa shape index (κ3) is 1.93. The van der Waals surface area contributed by atoms with E-state index >= 15 is 0 Å². The molecule has 0 bridgehead atoms. The van der Waals surface area contributed by atoms with Crippen molar-refractivity contribution in [3.05, 3.63) is 17.8 Å². The molecular formula is C8H9N3O2. The van der Waals surface area contributed by atoms with Crippen LogP contribution in [0.5, 0.6) is 0 Å². The van der Waals surface area contributed by atoms with Gasteiger partial charge in [0.1, 0.15) is 5.82 Å². The summed E-state index contributed by atoms with van der Waals surface area (Å²) in [6.07, 6.45) is 2.31. The summed E-state index contributed by atoms with van der Waals surface area (Å²) in [4.78, 5) is 10.4. The molecule has 1 fully saturated rings. The summed E-state index contributed by atoms with van der Waals surface area (Å²) in [6.45, 7) is 0. The number of hydrogen-bond donors (Lipinski definition) is 2. The van der Waals surface area contributed by atoms with E-state index in [1.807, 2.05) is 0 Å². The summed E-state index contributed by atoms with van der Waals surface area (Å²) >= 11 is 0. The molecule has 1 aromatic heterocycles. The SMILES string of the molecule is O=C(O)c1ccc(NC2CC2)nn1. The maximum Gasteiger partial charge on any atom is 0.356 e. The number of carbonyl (C=O) groups is 1. The molecule has 13 heavy (non-hydrogen) atoms.